The Hall–Kier alpha value is -1.94. The quantitative estimate of drug-likeness (QED) is 0.918. The van der Waals surface area contributed by atoms with Gasteiger partial charge in [-0.15, -0.1) is 0 Å². The molecule has 2 nitrogen and oxygen atoms in total. The molecule has 100 valence electrons. The van der Waals surface area contributed by atoms with Crippen molar-refractivity contribution in [3.8, 4) is 5.75 Å². The van der Waals surface area contributed by atoms with Crippen molar-refractivity contribution in [3.05, 3.63) is 65.2 Å². The zero-order valence-corrected chi connectivity index (χ0v) is 10.4. The molecule has 1 N–H and O–H groups in total. The van der Waals surface area contributed by atoms with Crippen LogP contribution in [0.3, 0.4) is 0 Å². The molecule has 2 aromatic rings. The van der Waals surface area contributed by atoms with Crippen LogP contribution in [0.5, 0.6) is 5.75 Å². The van der Waals surface area contributed by atoms with Crippen molar-refractivity contribution < 1.29 is 18.6 Å². The van der Waals surface area contributed by atoms with Crippen molar-refractivity contribution in [2.75, 3.05) is 7.11 Å². The number of ether oxygens (including phenoxy) is 1. The van der Waals surface area contributed by atoms with Crippen LogP contribution in [-0.2, 0) is 6.42 Å². The van der Waals surface area contributed by atoms with Gasteiger partial charge in [0.15, 0.2) is 0 Å². The molecule has 0 radical (unpaired) electrons. The number of hydrogen-bond donors (Lipinski definition) is 1. The predicted molar refractivity (Wildman–Crippen MR) is 68.0 cm³/mol. The lowest BCUT2D eigenvalue weighted by Crippen LogP contribution is -2.07. The molecule has 0 saturated heterocycles. The van der Waals surface area contributed by atoms with Crippen molar-refractivity contribution in [3.63, 3.8) is 0 Å². The molecule has 4 heteroatoms. The van der Waals surface area contributed by atoms with Gasteiger partial charge in [0.25, 0.3) is 0 Å². The zero-order valence-electron chi connectivity index (χ0n) is 10.4. The monoisotopic (exact) mass is 264 g/mol. The van der Waals surface area contributed by atoms with Gasteiger partial charge in [0.05, 0.1) is 18.8 Å². The summed E-state index contributed by atoms with van der Waals surface area (Å²) >= 11 is 0. The second kappa shape index (κ2) is 5.80. The molecule has 0 aliphatic carbocycles. The van der Waals surface area contributed by atoms with Crippen molar-refractivity contribution in [1.82, 2.24) is 0 Å². The van der Waals surface area contributed by atoms with E-state index in [0.717, 1.165) is 17.7 Å². The first kappa shape index (κ1) is 13.5. The molecule has 0 bridgehead atoms. The Balaban J connectivity index is 2.26. The minimum absolute atomic E-state index is 0.0886. The molecular formula is C15H14F2O2. The van der Waals surface area contributed by atoms with E-state index in [1.807, 2.05) is 18.2 Å². The number of benzene rings is 2. The van der Waals surface area contributed by atoms with E-state index in [4.69, 9.17) is 4.74 Å². The van der Waals surface area contributed by atoms with Crippen LogP contribution >= 0.6 is 0 Å². The lowest BCUT2D eigenvalue weighted by Gasteiger charge is -2.14. The fraction of sp³-hybridized carbons (Fsp3) is 0.200. The summed E-state index contributed by atoms with van der Waals surface area (Å²) < 4.78 is 32.3. The molecule has 2 aromatic carbocycles. The Kier molecular flexibility index (Phi) is 4.12. The highest BCUT2D eigenvalue weighted by molar-refractivity contribution is 5.32. The van der Waals surface area contributed by atoms with E-state index in [2.05, 4.69) is 0 Å². The second-order valence-corrected chi connectivity index (χ2v) is 4.21. The number of halogens is 2. The minimum Gasteiger partial charge on any atom is -0.497 e. The van der Waals surface area contributed by atoms with Gasteiger partial charge in [0, 0.05) is 18.6 Å². The standard InChI is InChI=1S/C15H14F2O2/c1-19-11-8-12(16)15(13(17)9-11)14(18)7-10-5-3-2-4-6-10/h2-6,8-9,14,18H,7H2,1H3. The molecule has 0 aliphatic rings. The van der Waals surface area contributed by atoms with Crippen LogP contribution in [0.4, 0.5) is 8.78 Å². The lowest BCUT2D eigenvalue weighted by atomic mass is 10.0. The SMILES string of the molecule is COc1cc(F)c(C(O)Cc2ccccc2)c(F)c1. The third-order valence-electron chi connectivity index (χ3n) is 2.89. The van der Waals surface area contributed by atoms with Gasteiger partial charge in [0.1, 0.15) is 17.4 Å². The Morgan fingerprint density at radius 2 is 1.68 bits per heavy atom. The normalized spacial score (nSPS) is 12.2. The maximum atomic E-state index is 13.8. The highest BCUT2D eigenvalue weighted by Gasteiger charge is 2.19. The molecular weight excluding hydrogens is 250 g/mol. The minimum atomic E-state index is -1.23. The first-order valence-corrected chi connectivity index (χ1v) is 5.86. The summed E-state index contributed by atoms with van der Waals surface area (Å²) in [5, 5.41) is 9.98. The van der Waals surface area contributed by atoms with E-state index in [1.54, 1.807) is 12.1 Å². The first-order chi connectivity index (χ1) is 9.11. The number of hydrogen-bond acceptors (Lipinski definition) is 2. The molecule has 19 heavy (non-hydrogen) atoms. The third-order valence-corrected chi connectivity index (χ3v) is 2.89. The van der Waals surface area contributed by atoms with Gasteiger partial charge in [-0.1, -0.05) is 30.3 Å². The van der Waals surface area contributed by atoms with Crippen LogP contribution in [0.2, 0.25) is 0 Å². The van der Waals surface area contributed by atoms with Crippen LogP contribution < -0.4 is 4.74 Å². The highest BCUT2D eigenvalue weighted by atomic mass is 19.1. The van der Waals surface area contributed by atoms with E-state index >= 15 is 0 Å². The summed E-state index contributed by atoms with van der Waals surface area (Å²) in [6, 6.07) is 11.2. The largest absolute Gasteiger partial charge is 0.497 e. The van der Waals surface area contributed by atoms with Gasteiger partial charge in [0.2, 0.25) is 0 Å². The molecule has 0 saturated carbocycles. The Bertz CT molecular complexity index is 532. The average molecular weight is 264 g/mol. The Morgan fingerprint density at radius 1 is 1.11 bits per heavy atom. The summed E-state index contributed by atoms with van der Waals surface area (Å²) in [6.45, 7) is 0. The summed E-state index contributed by atoms with van der Waals surface area (Å²) in [5.74, 6) is -1.52. The molecule has 1 atom stereocenters. The second-order valence-electron chi connectivity index (χ2n) is 4.21. The van der Waals surface area contributed by atoms with Crippen molar-refractivity contribution >= 4 is 0 Å². The van der Waals surface area contributed by atoms with Gasteiger partial charge >= 0.3 is 0 Å². The summed E-state index contributed by atoms with van der Waals surface area (Å²) in [6.07, 6.45) is -1.07. The molecule has 0 fully saturated rings. The van der Waals surface area contributed by atoms with E-state index < -0.39 is 17.7 Å². The van der Waals surface area contributed by atoms with Gasteiger partial charge in [-0.3, -0.25) is 0 Å². The molecule has 1 unspecified atom stereocenters. The van der Waals surface area contributed by atoms with Crippen molar-refractivity contribution in [2.45, 2.75) is 12.5 Å². The molecule has 0 aromatic heterocycles. The van der Waals surface area contributed by atoms with Gasteiger partial charge < -0.3 is 9.84 Å². The Morgan fingerprint density at radius 3 is 2.21 bits per heavy atom. The van der Waals surface area contributed by atoms with Crippen LogP contribution in [0.15, 0.2) is 42.5 Å². The number of aliphatic hydroxyl groups excluding tert-OH is 1. The fourth-order valence-electron chi connectivity index (χ4n) is 1.94. The lowest BCUT2D eigenvalue weighted by molar-refractivity contribution is 0.168. The van der Waals surface area contributed by atoms with Crippen LogP contribution in [-0.4, -0.2) is 12.2 Å². The average Bonchev–Trinajstić information content (AvgIpc) is 2.38. The number of aliphatic hydroxyl groups is 1. The van der Waals surface area contributed by atoms with Crippen molar-refractivity contribution in [1.29, 1.82) is 0 Å². The first-order valence-electron chi connectivity index (χ1n) is 5.86. The number of methoxy groups -OCH3 is 1. The molecule has 0 heterocycles. The summed E-state index contributed by atoms with van der Waals surface area (Å²) in [7, 11) is 1.33. The topological polar surface area (TPSA) is 29.5 Å². The van der Waals surface area contributed by atoms with Gasteiger partial charge in [-0.25, -0.2) is 8.78 Å². The summed E-state index contributed by atoms with van der Waals surface area (Å²) in [5.41, 5.74) is 0.481. The van der Waals surface area contributed by atoms with Crippen molar-refractivity contribution in [2.24, 2.45) is 0 Å². The molecule has 2 rings (SSSR count). The van der Waals surface area contributed by atoms with Crippen LogP contribution in [0.1, 0.15) is 17.2 Å². The summed E-state index contributed by atoms with van der Waals surface area (Å²) in [4.78, 5) is 0. The van der Waals surface area contributed by atoms with Gasteiger partial charge in [-0.2, -0.15) is 0 Å². The highest BCUT2D eigenvalue weighted by Crippen LogP contribution is 2.27. The molecule has 0 amide bonds. The van der Waals surface area contributed by atoms with E-state index in [0.29, 0.717) is 0 Å². The van der Waals surface area contributed by atoms with E-state index in [9.17, 15) is 13.9 Å². The van der Waals surface area contributed by atoms with Gasteiger partial charge in [-0.05, 0) is 5.56 Å². The van der Waals surface area contributed by atoms with E-state index in [1.165, 1.54) is 7.11 Å². The van der Waals surface area contributed by atoms with Crippen LogP contribution in [0, 0.1) is 11.6 Å². The Labute approximate surface area is 110 Å². The molecule has 0 aliphatic heterocycles. The molecule has 0 spiro atoms. The smallest absolute Gasteiger partial charge is 0.135 e. The maximum Gasteiger partial charge on any atom is 0.135 e. The third kappa shape index (κ3) is 3.09. The van der Waals surface area contributed by atoms with Crippen LogP contribution in [0.25, 0.3) is 0 Å². The fourth-order valence-corrected chi connectivity index (χ4v) is 1.94. The number of rotatable bonds is 4. The zero-order chi connectivity index (χ0) is 13.8. The van der Waals surface area contributed by atoms with E-state index in [-0.39, 0.29) is 17.7 Å². The predicted octanol–water partition coefficient (Wildman–Crippen LogP) is 3.25. The maximum absolute atomic E-state index is 13.8.